The molecule has 0 spiro atoms. The van der Waals surface area contributed by atoms with E-state index in [9.17, 15) is 9.59 Å². The number of aromatic amines is 1. The van der Waals surface area contributed by atoms with Gasteiger partial charge in [-0.05, 0) is 37.1 Å². The monoisotopic (exact) mass is 273 g/mol. The minimum Gasteiger partial charge on any atom is -0.478 e. The Morgan fingerprint density at radius 2 is 2.10 bits per heavy atom. The number of nitrogens with one attached hydrogen (secondary N) is 2. The van der Waals surface area contributed by atoms with Crippen LogP contribution in [0.5, 0.6) is 0 Å². The molecule has 0 saturated carbocycles. The van der Waals surface area contributed by atoms with Crippen molar-refractivity contribution in [1.29, 1.82) is 0 Å². The number of aryl methyl sites for hydroxylation is 2. The van der Waals surface area contributed by atoms with Gasteiger partial charge in [-0.1, -0.05) is 13.0 Å². The number of aromatic nitrogens is 2. The maximum Gasteiger partial charge on any atom is 0.336 e. The first-order valence-corrected chi connectivity index (χ1v) is 6.21. The topological polar surface area (TPSA) is 95.1 Å². The third-order valence-corrected chi connectivity index (χ3v) is 2.97. The maximum atomic E-state index is 12.0. The van der Waals surface area contributed by atoms with Gasteiger partial charge in [-0.15, -0.1) is 0 Å². The number of nitrogens with zero attached hydrogens (tertiary/aromatic N) is 1. The van der Waals surface area contributed by atoms with E-state index >= 15 is 0 Å². The van der Waals surface area contributed by atoms with Crippen molar-refractivity contribution in [2.24, 2.45) is 0 Å². The van der Waals surface area contributed by atoms with E-state index in [2.05, 4.69) is 15.5 Å². The molecule has 0 aliphatic carbocycles. The largest absolute Gasteiger partial charge is 0.478 e. The normalized spacial score (nSPS) is 10.3. The first kappa shape index (κ1) is 13.8. The molecule has 0 radical (unpaired) electrons. The van der Waals surface area contributed by atoms with Crippen LogP contribution in [-0.4, -0.2) is 27.2 Å². The lowest BCUT2D eigenvalue weighted by Crippen LogP contribution is -2.13. The Bertz CT molecular complexity index is 661. The van der Waals surface area contributed by atoms with Crippen LogP contribution in [0.25, 0.3) is 0 Å². The molecule has 0 fully saturated rings. The summed E-state index contributed by atoms with van der Waals surface area (Å²) in [6.45, 7) is 3.66. The summed E-state index contributed by atoms with van der Waals surface area (Å²) in [5.74, 6) is -1.40. The van der Waals surface area contributed by atoms with Crippen molar-refractivity contribution in [1.82, 2.24) is 10.2 Å². The van der Waals surface area contributed by atoms with E-state index in [1.165, 1.54) is 6.07 Å². The number of rotatable bonds is 4. The Balaban J connectivity index is 2.19. The van der Waals surface area contributed by atoms with Crippen molar-refractivity contribution < 1.29 is 14.7 Å². The lowest BCUT2D eigenvalue weighted by Gasteiger charge is -2.06. The summed E-state index contributed by atoms with van der Waals surface area (Å²) >= 11 is 0. The Kier molecular flexibility index (Phi) is 3.84. The molecule has 1 amide bonds. The van der Waals surface area contributed by atoms with Gasteiger partial charge in [0.25, 0.3) is 5.91 Å². The molecule has 6 nitrogen and oxygen atoms in total. The highest BCUT2D eigenvalue weighted by Crippen LogP contribution is 2.16. The first-order valence-electron chi connectivity index (χ1n) is 6.21. The molecule has 3 N–H and O–H groups in total. The number of carboxylic acids is 1. The average molecular weight is 273 g/mol. The van der Waals surface area contributed by atoms with Gasteiger partial charge in [-0.25, -0.2) is 4.79 Å². The highest BCUT2D eigenvalue weighted by atomic mass is 16.4. The number of amides is 1. The van der Waals surface area contributed by atoms with Gasteiger partial charge in [-0.3, -0.25) is 9.89 Å². The number of hydrogen-bond donors (Lipinski definition) is 3. The smallest absolute Gasteiger partial charge is 0.336 e. The minimum atomic E-state index is -1.02. The predicted octanol–water partition coefficient (Wildman–Crippen LogP) is 2.23. The molecule has 0 saturated heterocycles. The van der Waals surface area contributed by atoms with E-state index in [4.69, 9.17) is 5.11 Å². The summed E-state index contributed by atoms with van der Waals surface area (Å²) in [4.78, 5) is 23.0. The van der Waals surface area contributed by atoms with Gasteiger partial charge in [0.1, 0.15) is 0 Å². The number of hydrogen-bond acceptors (Lipinski definition) is 3. The first-order chi connectivity index (χ1) is 9.51. The van der Waals surface area contributed by atoms with E-state index < -0.39 is 5.97 Å². The summed E-state index contributed by atoms with van der Waals surface area (Å²) < 4.78 is 0. The Labute approximate surface area is 115 Å². The van der Waals surface area contributed by atoms with Crippen molar-refractivity contribution in [3.63, 3.8) is 0 Å². The van der Waals surface area contributed by atoms with Crippen molar-refractivity contribution >= 4 is 17.6 Å². The van der Waals surface area contributed by atoms with Crippen LogP contribution in [0.15, 0.2) is 24.3 Å². The Hall–Kier alpha value is -2.63. The van der Waals surface area contributed by atoms with Gasteiger partial charge >= 0.3 is 5.97 Å². The van der Waals surface area contributed by atoms with Crippen molar-refractivity contribution in [3.05, 3.63) is 46.8 Å². The van der Waals surface area contributed by atoms with Crippen LogP contribution in [0, 0.1) is 6.92 Å². The van der Waals surface area contributed by atoms with Crippen molar-refractivity contribution in [2.75, 3.05) is 5.32 Å². The zero-order chi connectivity index (χ0) is 14.7. The van der Waals surface area contributed by atoms with Crippen LogP contribution in [0.2, 0.25) is 0 Å². The number of benzene rings is 1. The number of H-pyrrole nitrogens is 1. The Morgan fingerprint density at radius 1 is 1.35 bits per heavy atom. The fourth-order valence-electron chi connectivity index (χ4n) is 1.78. The summed E-state index contributed by atoms with van der Waals surface area (Å²) in [6, 6.07) is 6.42. The fourth-order valence-corrected chi connectivity index (χ4v) is 1.78. The lowest BCUT2D eigenvalue weighted by molar-refractivity contribution is 0.0695. The number of carbonyl (C=O) groups is 2. The predicted molar refractivity (Wildman–Crippen MR) is 74.1 cm³/mol. The maximum absolute atomic E-state index is 12.0. The van der Waals surface area contributed by atoms with Gasteiger partial charge < -0.3 is 10.4 Å². The number of anilines is 1. The summed E-state index contributed by atoms with van der Waals surface area (Å²) in [5.41, 5.74) is 2.38. The van der Waals surface area contributed by atoms with E-state index in [0.29, 0.717) is 11.3 Å². The van der Waals surface area contributed by atoms with Crippen LogP contribution in [0.3, 0.4) is 0 Å². The number of aromatic carboxylic acids is 1. The Morgan fingerprint density at radius 3 is 2.70 bits per heavy atom. The summed E-state index contributed by atoms with van der Waals surface area (Å²) in [6.07, 6.45) is 0.758. The van der Waals surface area contributed by atoms with Gasteiger partial charge in [0.15, 0.2) is 5.69 Å². The molecule has 0 aliphatic heterocycles. The minimum absolute atomic E-state index is 0.166. The molecule has 20 heavy (non-hydrogen) atoms. The van der Waals surface area contributed by atoms with Crippen LogP contribution >= 0.6 is 0 Å². The number of carboxylic acid groups (broad SMARTS) is 1. The third kappa shape index (κ3) is 2.85. The average Bonchev–Trinajstić information content (AvgIpc) is 2.89. The summed E-state index contributed by atoms with van der Waals surface area (Å²) in [5, 5.41) is 18.3. The van der Waals surface area contributed by atoms with Crippen LogP contribution in [0.4, 0.5) is 5.69 Å². The quantitative estimate of drug-likeness (QED) is 0.796. The van der Waals surface area contributed by atoms with Crippen LogP contribution in [0.1, 0.15) is 39.0 Å². The van der Waals surface area contributed by atoms with E-state index in [-0.39, 0.29) is 17.2 Å². The van der Waals surface area contributed by atoms with Gasteiger partial charge in [0, 0.05) is 11.4 Å². The molecule has 1 heterocycles. The molecule has 1 aromatic carbocycles. The second kappa shape index (κ2) is 5.56. The lowest BCUT2D eigenvalue weighted by atomic mass is 10.1. The van der Waals surface area contributed by atoms with E-state index in [1.807, 2.05) is 6.92 Å². The molecular weight excluding hydrogens is 258 g/mol. The standard InChI is InChI=1S/C14H15N3O3/c1-3-9-7-12(17-16-9)13(18)15-10-5-4-8(2)11(6-10)14(19)20/h4-7H,3H2,1-2H3,(H,15,18)(H,16,17)(H,19,20). The van der Waals surface area contributed by atoms with Gasteiger partial charge in [0.05, 0.1) is 5.56 Å². The molecule has 2 rings (SSSR count). The fraction of sp³-hybridized carbons (Fsp3) is 0.214. The molecule has 1 aromatic heterocycles. The molecule has 0 unspecified atom stereocenters. The molecule has 6 heteroatoms. The zero-order valence-corrected chi connectivity index (χ0v) is 11.2. The van der Waals surface area contributed by atoms with E-state index in [1.54, 1.807) is 25.1 Å². The van der Waals surface area contributed by atoms with Gasteiger partial charge in [-0.2, -0.15) is 5.10 Å². The molecule has 0 bridgehead atoms. The van der Waals surface area contributed by atoms with Crippen molar-refractivity contribution in [3.8, 4) is 0 Å². The molecule has 104 valence electrons. The zero-order valence-electron chi connectivity index (χ0n) is 11.2. The second-order valence-electron chi connectivity index (χ2n) is 4.42. The second-order valence-corrected chi connectivity index (χ2v) is 4.42. The molecule has 0 aliphatic rings. The highest BCUT2D eigenvalue weighted by molar-refractivity contribution is 6.03. The van der Waals surface area contributed by atoms with Crippen LogP contribution < -0.4 is 5.32 Å². The van der Waals surface area contributed by atoms with Gasteiger partial charge in [0.2, 0.25) is 0 Å². The van der Waals surface area contributed by atoms with Crippen LogP contribution in [-0.2, 0) is 6.42 Å². The molecular formula is C14H15N3O3. The molecule has 2 aromatic rings. The third-order valence-electron chi connectivity index (χ3n) is 2.97. The summed E-state index contributed by atoms with van der Waals surface area (Å²) in [7, 11) is 0. The number of carbonyl (C=O) groups excluding carboxylic acids is 1. The molecule has 0 atom stereocenters. The van der Waals surface area contributed by atoms with Crippen molar-refractivity contribution in [2.45, 2.75) is 20.3 Å². The van der Waals surface area contributed by atoms with E-state index in [0.717, 1.165) is 12.1 Å². The highest BCUT2D eigenvalue weighted by Gasteiger charge is 2.12. The SMILES string of the molecule is CCc1cc(C(=O)Nc2ccc(C)c(C(=O)O)c2)n[nH]1.